The van der Waals surface area contributed by atoms with Crippen LogP contribution < -0.4 is 26.4 Å². The quantitative estimate of drug-likeness (QED) is 0.196. The zero-order valence-electron chi connectivity index (χ0n) is 24.2. The van der Waals surface area contributed by atoms with Crippen LogP contribution in [0.2, 0.25) is 0 Å². The fraction of sp³-hybridized carbons (Fsp3) is 0.367. The highest BCUT2D eigenvalue weighted by atomic mass is 16.5. The average molecular weight is 593 g/mol. The van der Waals surface area contributed by atoms with Crippen molar-refractivity contribution in [2.45, 2.75) is 57.8 Å². The number of carbonyl (C=O) groups is 5. The number of para-hydroxylation sites is 1. The van der Waals surface area contributed by atoms with Crippen LogP contribution in [0.1, 0.15) is 37.9 Å². The zero-order valence-corrected chi connectivity index (χ0v) is 24.2. The number of amides is 5. The maximum absolute atomic E-state index is 13.9. The van der Waals surface area contributed by atoms with Crippen LogP contribution in [0.15, 0.2) is 48.5 Å². The van der Waals surface area contributed by atoms with Gasteiger partial charge in [0.15, 0.2) is 0 Å². The number of urea groups is 1. The van der Waals surface area contributed by atoms with Gasteiger partial charge in [0.1, 0.15) is 23.9 Å². The van der Waals surface area contributed by atoms with Crippen LogP contribution in [0.4, 0.5) is 10.5 Å². The molecule has 43 heavy (non-hydrogen) atoms. The first kappa shape index (κ1) is 30.9. The molecule has 3 atom stereocenters. The molecule has 0 saturated carbocycles. The number of primary amides is 1. The summed E-state index contributed by atoms with van der Waals surface area (Å²) in [5, 5.41) is 18.0. The third-order valence-electron chi connectivity index (χ3n) is 7.29. The molecular weight excluding hydrogens is 556 g/mol. The van der Waals surface area contributed by atoms with Crippen molar-refractivity contribution in [1.82, 2.24) is 20.5 Å². The van der Waals surface area contributed by atoms with Crippen molar-refractivity contribution in [2.75, 3.05) is 12.4 Å². The van der Waals surface area contributed by atoms with Crippen LogP contribution in [0, 0.1) is 5.92 Å². The molecule has 4 rings (SSSR count). The van der Waals surface area contributed by atoms with E-state index in [9.17, 15) is 24.0 Å². The molecule has 0 unspecified atom stereocenters. The Labute approximate surface area is 248 Å². The summed E-state index contributed by atoms with van der Waals surface area (Å²) < 4.78 is 5.18. The van der Waals surface area contributed by atoms with E-state index in [-0.39, 0.29) is 25.3 Å². The van der Waals surface area contributed by atoms with E-state index in [1.54, 1.807) is 24.3 Å². The van der Waals surface area contributed by atoms with Crippen LogP contribution in [0.3, 0.4) is 0 Å². The number of carbonyl (C=O) groups excluding carboxylic acids is 4. The molecule has 0 aliphatic carbocycles. The number of aromatic nitrogens is 1. The number of carboxylic acid groups (broad SMARTS) is 1. The molecule has 0 fully saturated rings. The Balaban J connectivity index is 1.61. The van der Waals surface area contributed by atoms with E-state index in [4.69, 9.17) is 15.6 Å². The Hall–Kier alpha value is -5.07. The normalized spacial score (nSPS) is 15.7. The van der Waals surface area contributed by atoms with Gasteiger partial charge < -0.3 is 41.4 Å². The molecule has 13 heteroatoms. The van der Waals surface area contributed by atoms with Crippen molar-refractivity contribution in [2.24, 2.45) is 11.7 Å². The number of rotatable bonds is 11. The van der Waals surface area contributed by atoms with Gasteiger partial charge in [-0.25, -0.2) is 4.79 Å². The van der Waals surface area contributed by atoms with E-state index < -0.39 is 54.3 Å². The molecule has 2 heterocycles. The molecule has 1 aliphatic heterocycles. The summed E-state index contributed by atoms with van der Waals surface area (Å²) in [6.07, 6.45) is -0.325. The number of nitrogens with zero attached hydrogens (tertiary/aromatic N) is 1. The fourth-order valence-corrected chi connectivity index (χ4v) is 5.17. The Bertz CT molecular complexity index is 1520. The van der Waals surface area contributed by atoms with Crippen LogP contribution in [0.25, 0.3) is 10.9 Å². The Kier molecular flexibility index (Phi) is 9.53. The molecule has 13 nitrogen and oxygen atoms in total. The van der Waals surface area contributed by atoms with E-state index in [1.807, 2.05) is 38.1 Å². The number of aromatic amines is 1. The number of ether oxygens (including phenoxy) is 1. The number of aliphatic carboxylic acids is 1. The highest BCUT2D eigenvalue weighted by Crippen LogP contribution is 2.31. The second-order valence-electron chi connectivity index (χ2n) is 10.9. The lowest BCUT2D eigenvalue weighted by molar-refractivity contribution is -0.140. The Morgan fingerprint density at radius 2 is 1.74 bits per heavy atom. The number of carboxylic acids is 1. The van der Waals surface area contributed by atoms with Crippen LogP contribution >= 0.6 is 0 Å². The lowest BCUT2D eigenvalue weighted by Crippen LogP contribution is -2.59. The molecule has 0 saturated heterocycles. The first-order valence-corrected chi connectivity index (χ1v) is 13.9. The van der Waals surface area contributed by atoms with Crippen molar-refractivity contribution < 1.29 is 33.8 Å². The third kappa shape index (κ3) is 7.42. The minimum absolute atomic E-state index is 0.0522. The van der Waals surface area contributed by atoms with Gasteiger partial charge in [0.2, 0.25) is 17.7 Å². The predicted octanol–water partition coefficient (Wildman–Crippen LogP) is 2.11. The number of benzene rings is 2. The van der Waals surface area contributed by atoms with Crippen molar-refractivity contribution in [3.8, 4) is 5.75 Å². The standard InChI is InChI=1S/C30H36N6O7/c1-16(2)12-23(28(40)34-22(27(31)39)14-26(37)38)35-29(41)25-13-20-19-6-4-5-7-21(19)33-24(20)15-36(25)30(42)32-17-8-10-18(43-3)11-9-17/h4-11,16,22-23,25,33H,12-15H2,1-3H3,(H2,31,39)(H,32,42)(H,34,40)(H,35,41)(H,37,38)/t22-,23-,25+/m0/s1. The van der Waals surface area contributed by atoms with Crippen molar-refractivity contribution in [3.63, 3.8) is 0 Å². The zero-order chi connectivity index (χ0) is 31.3. The van der Waals surface area contributed by atoms with Gasteiger partial charge in [-0.2, -0.15) is 0 Å². The summed E-state index contributed by atoms with van der Waals surface area (Å²) in [5.74, 6) is -3.08. The van der Waals surface area contributed by atoms with Crippen molar-refractivity contribution >= 4 is 46.3 Å². The molecule has 228 valence electrons. The van der Waals surface area contributed by atoms with Crippen LogP contribution in [-0.2, 0) is 32.1 Å². The lowest BCUT2D eigenvalue weighted by atomic mass is 9.95. The number of anilines is 1. The van der Waals surface area contributed by atoms with E-state index >= 15 is 0 Å². The van der Waals surface area contributed by atoms with E-state index in [2.05, 4.69) is 20.9 Å². The SMILES string of the molecule is COc1ccc(NC(=O)N2Cc3[nH]c4ccccc4c3C[C@@H]2C(=O)N[C@@H](CC(C)C)C(=O)N[C@@H](CC(=O)O)C(N)=O)cc1. The van der Waals surface area contributed by atoms with Gasteiger partial charge in [0, 0.05) is 28.7 Å². The lowest BCUT2D eigenvalue weighted by Gasteiger charge is -2.35. The third-order valence-corrected chi connectivity index (χ3v) is 7.29. The van der Waals surface area contributed by atoms with Gasteiger partial charge in [0.05, 0.1) is 20.1 Å². The van der Waals surface area contributed by atoms with E-state index in [1.165, 1.54) is 12.0 Å². The number of methoxy groups -OCH3 is 1. The fourth-order valence-electron chi connectivity index (χ4n) is 5.17. The second-order valence-corrected chi connectivity index (χ2v) is 10.9. The van der Waals surface area contributed by atoms with Gasteiger partial charge in [-0.1, -0.05) is 32.0 Å². The number of hydrogen-bond donors (Lipinski definition) is 6. The second kappa shape index (κ2) is 13.3. The van der Waals surface area contributed by atoms with Gasteiger partial charge in [-0.3, -0.25) is 19.2 Å². The maximum Gasteiger partial charge on any atom is 0.322 e. The summed E-state index contributed by atoms with van der Waals surface area (Å²) in [6, 6.07) is 10.3. The minimum Gasteiger partial charge on any atom is -0.497 e. The number of nitrogens with two attached hydrogens (primary N) is 1. The molecule has 1 aliphatic rings. The molecular formula is C30H36N6O7. The molecule has 0 radical (unpaired) electrons. The summed E-state index contributed by atoms with van der Waals surface area (Å²) in [7, 11) is 1.54. The van der Waals surface area contributed by atoms with E-state index in [0.29, 0.717) is 11.4 Å². The topological polar surface area (TPSA) is 196 Å². The molecule has 5 amide bonds. The number of fused-ring (bicyclic) bond motifs is 3. The maximum atomic E-state index is 13.9. The first-order valence-electron chi connectivity index (χ1n) is 13.9. The van der Waals surface area contributed by atoms with Gasteiger partial charge in [0.25, 0.3) is 0 Å². The Morgan fingerprint density at radius 1 is 1.05 bits per heavy atom. The molecule has 2 aromatic carbocycles. The summed E-state index contributed by atoms with van der Waals surface area (Å²) >= 11 is 0. The van der Waals surface area contributed by atoms with E-state index in [0.717, 1.165) is 22.2 Å². The monoisotopic (exact) mass is 592 g/mol. The summed E-state index contributed by atoms with van der Waals surface area (Å²) in [4.78, 5) is 68.4. The predicted molar refractivity (Wildman–Crippen MR) is 158 cm³/mol. The molecule has 0 bridgehead atoms. The van der Waals surface area contributed by atoms with Crippen molar-refractivity contribution in [1.29, 1.82) is 0 Å². The summed E-state index contributed by atoms with van der Waals surface area (Å²) in [6.45, 7) is 3.80. The highest BCUT2D eigenvalue weighted by molar-refractivity contribution is 5.98. The largest absolute Gasteiger partial charge is 0.497 e. The Morgan fingerprint density at radius 3 is 2.37 bits per heavy atom. The number of hydrogen-bond acceptors (Lipinski definition) is 6. The van der Waals surface area contributed by atoms with Crippen molar-refractivity contribution in [3.05, 3.63) is 59.8 Å². The van der Waals surface area contributed by atoms with Gasteiger partial charge in [-0.05, 0) is 48.2 Å². The van der Waals surface area contributed by atoms with Crippen LogP contribution in [-0.4, -0.2) is 69.9 Å². The molecule has 1 aromatic heterocycles. The average Bonchev–Trinajstić information content (AvgIpc) is 3.33. The van der Waals surface area contributed by atoms with Gasteiger partial charge in [-0.15, -0.1) is 0 Å². The number of H-pyrrole nitrogens is 1. The first-order chi connectivity index (χ1) is 20.5. The highest BCUT2D eigenvalue weighted by Gasteiger charge is 2.38. The smallest absolute Gasteiger partial charge is 0.322 e. The summed E-state index contributed by atoms with van der Waals surface area (Å²) in [5.41, 5.74) is 8.36. The molecule has 3 aromatic rings. The molecule has 7 N–H and O–H groups in total. The van der Waals surface area contributed by atoms with Gasteiger partial charge >= 0.3 is 12.0 Å². The van der Waals surface area contributed by atoms with Crippen LogP contribution in [0.5, 0.6) is 5.75 Å². The molecule has 0 spiro atoms. The number of nitrogens with one attached hydrogen (secondary N) is 4. The minimum atomic E-state index is -1.45.